The van der Waals surface area contributed by atoms with Crippen LogP contribution in [-0.2, 0) is 4.79 Å². The van der Waals surface area contributed by atoms with Crippen molar-refractivity contribution in [3.63, 3.8) is 0 Å². The highest BCUT2D eigenvalue weighted by Gasteiger charge is 2.25. The van der Waals surface area contributed by atoms with E-state index in [4.69, 9.17) is 11.6 Å². The Bertz CT molecular complexity index is 943. The third-order valence-corrected chi connectivity index (χ3v) is 5.12. The van der Waals surface area contributed by atoms with Crippen molar-refractivity contribution in [2.24, 2.45) is 0 Å². The van der Waals surface area contributed by atoms with Crippen LogP contribution >= 0.6 is 11.6 Å². The number of hydrogen-bond donors (Lipinski definition) is 2. The Kier molecular flexibility index (Phi) is 6.86. The molecule has 1 aliphatic heterocycles. The summed E-state index contributed by atoms with van der Waals surface area (Å²) in [5.74, 6) is -0.507. The number of benzene rings is 2. The van der Waals surface area contributed by atoms with Crippen LogP contribution in [0.5, 0.6) is 0 Å². The van der Waals surface area contributed by atoms with Crippen molar-refractivity contribution < 1.29 is 14.5 Å². The van der Waals surface area contributed by atoms with Crippen LogP contribution in [0.2, 0.25) is 5.02 Å². The van der Waals surface area contributed by atoms with Gasteiger partial charge in [0.25, 0.3) is 11.6 Å². The summed E-state index contributed by atoms with van der Waals surface area (Å²) in [6.07, 6.45) is 0. The lowest BCUT2D eigenvalue weighted by Gasteiger charge is -2.35. The standard InChI is InChI=1S/C20H22ClN5O4/c1-22-20(28)14-2-7-17(18(12-14)26(29)30)25-10-8-24(9-11-25)13-19(27)23-16-5-3-15(21)4-6-16/h2-7,12H,8-11,13H2,1H3,(H,22,28)(H,23,27). The molecule has 0 aromatic heterocycles. The predicted octanol–water partition coefficient (Wildman–Crippen LogP) is 2.37. The van der Waals surface area contributed by atoms with E-state index in [1.807, 2.05) is 9.80 Å². The van der Waals surface area contributed by atoms with Crippen LogP contribution in [0, 0.1) is 10.1 Å². The topological polar surface area (TPSA) is 108 Å². The van der Waals surface area contributed by atoms with Crippen molar-refractivity contribution in [1.82, 2.24) is 10.2 Å². The summed E-state index contributed by atoms with van der Waals surface area (Å²) in [4.78, 5) is 39.0. The van der Waals surface area contributed by atoms with Crippen LogP contribution in [0.15, 0.2) is 42.5 Å². The Morgan fingerprint density at radius 2 is 1.77 bits per heavy atom. The molecular formula is C20H22ClN5O4. The average molecular weight is 432 g/mol. The van der Waals surface area contributed by atoms with E-state index in [2.05, 4.69) is 10.6 Å². The SMILES string of the molecule is CNC(=O)c1ccc(N2CCN(CC(=O)Nc3ccc(Cl)cc3)CC2)c([N+](=O)[O-])c1. The second kappa shape index (κ2) is 9.55. The van der Waals surface area contributed by atoms with E-state index >= 15 is 0 Å². The molecule has 10 heteroatoms. The molecule has 2 aromatic rings. The summed E-state index contributed by atoms with van der Waals surface area (Å²) in [5, 5.41) is 17.4. The number of nitrogens with one attached hydrogen (secondary N) is 2. The van der Waals surface area contributed by atoms with E-state index in [0.717, 1.165) is 0 Å². The highest BCUT2D eigenvalue weighted by molar-refractivity contribution is 6.30. The first-order chi connectivity index (χ1) is 14.4. The Balaban J connectivity index is 1.59. The second-order valence-electron chi connectivity index (χ2n) is 6.86. The molecule has 1 heterocycles. The van der Waals surface area contributed by atoms with Crippen LogP contribution in [-0.4, -0.2) is 61.4 Å². The molecular weight excluding hydrogens is 410 g/mol. The highest BCUT2D eigenvalue weighted by Crippen LogP contribution is 2.30. The molecule has 3 rings (SSSR count). The summed E-state index contributed by atoms with van der Waals surface area (Å²) >= 11 is 5.84. The first-order valence-electron chi connectivity index (χ1n) is 9.40. The summed E-state index contributed by atoms with van der Waals surface area (Å²) < 4.78 is 0. The van der Waals surface area contributed by atoms with Crippen LogP contribution in [0.1, 0.15) is 10.4 Å². The van der Waals surface area contributed by atoms with Gasteiger partial charge in [0.1, 0.15) is 5.69 Å². The number of carbonyl (C=O) groups is 2. The first kappa shape index (κ1) is 21.5. The van der Waals surface area contributed by atoms with Crippen molar-refractivity contribution in [3.05, 3.63) is 63.2 Å². The third kappa shape index (κ3) is 5.25. The minimum absolute atomic E-state index is 0.106. The molecule has 0 saturated carbocycles. The van der Waals surface area contributed by atoms with Gasteiger partial charge >= 0.3 is 0 Å². The fourth-order valence-corrected chi connectivity index (χ4v) is 3.43. The van der Waals surface area contributed by atoms with Crippen molar-refractivity contribution in [1.29, 1.82) is 0 Å². The molecule has 1 fully saturated rings. The third-order valence-electron chi connectivity index (χ3n) is 4.87. The molecule has 1 saturated heterocycles. The van der Waals surface area contributed by atoms with E-state index in [0.29, 0.717) is 42.6 Å². The van der Waals surface area contributed by atoms with Crippen LogP contribution < -0.4 is 15.5 Å². The lowest BCUT2D eigenvalue weighted by Crippen LogP contribution is -2.48. The number of halogens is 1. The van der Waals surface area contributed by atoms with Gasteiger partial charge in [0.2, 0.25) is 5.91 Å². The van der Waals surface area contributed by atoms with Crippen LogP contribution in [0.25, 0.3) is 0 Å². The number of amides is 2. The zero-order valence-corrected chi connectivity index (χ0v) is 17.2. The van der Waals surface area contributed by atoms with Crippen molar-refractivity contribution in [2.75, 3.05) is 50.0 Å². The fraction of sp³-hybridized carbons (Fsp3) is 0.300. The summed E-state index contributed by atoms with van der Waals surface area (Å²) in [5.41, 5.74) is 1.28. The average Bonchev–Trinajstić information content (AvgIpc) is 2.75. The van der Waals surface area contributed by atoms with E-state index in [-0.39, 0.29) is 29.6 Å². The minimum atomic E-state index is -0.478. The smallest absolute Gasteiger partial charge is 0.293 e. The quantitative estimate of drug-likeness (QED) is 0.537. The second-order valence-corrected chi connectivity index (χ2v) is 7.29. The van der Waals surface area contributed by atoms with Gasteiger partial charge in [-0.15, -0.1) is 0 Å². The van der Waals surface area contributed by atoms with Gasteiger partial charge in [-0.1, -0.05) is 11.6 Å². The maximum absolute atomic E-state index is 12.3. The number of hydrogen-bond acceptors (Lipinski definition) is 6. The number of rotatable bonds is 6. The summed E-state index contributed by atoms with van der Waals surface area (Å²) in [6.45, 7) is 2.47. The van der Waals surface area contributed by atoms with Gasteiger partial charge in [-0.2, -0.15) is 0 Å². The molecule has 0 unspecified atom stereocenters. The summed E-state index contributed by atoms with van der Waals surface area (Å²) in [6, 6.07) is 11.4. The number of nitro groups is 1. The van der Waals surface area contributed by atoms with E-state index in [1.54, 1.807) is 36.4 Å². The molecule has 2 amide bonds. The van der Waals surface area contributed by atoms with Crippen LogP contribution in [0.3, 0.4) is 0 Å². The zero-order chi connectivity index (χ0) is 21.7. The van der Waals surface area contributed by atoms with Crippen molar-refractivity contribution in [2.45, 2.75) is 0 Å². The fourth-order valence-electron chi connectivity index (χ4n) is 3.31. The van der Waals surface area contributed by atoms with Gasteiger partial charge < -0.3 is 15.5 Å². The molecule has 0 atom stereocenters. The molecule has 0 radical (unpaired) electrons. The van der Waals surface area contributed by atoms with Gasteiger partial charge in [0, 0.05) is 55.6 Å². The molecule has 0 aliphatic carbocycles. The van der Waals surface area contributed by atoms with E-state index < -0.39 is 4.92 Å². The normalized spacial score (nSPS) is 14.3. The molecule has 1 aliphatic rings. The van der Waals surface area contributed by atoms with Crippen molar-refractivity contribution in [3.8, 4) is 0 Å². The van der Waals surface area contributed by atoms with Crippen molar-refractivity contribution >= 4 is 40.5 Å². The number of nitro benzene ring substituents is 1. The number of anilines is 2. The van der Waals surface area contributed by atoms with Gasteiger partial charge in [-0.3, -0.25) is 24.6 Å². The minimum Gasteiger partial charge on any atom is -0.363 e. The Hall–Kier alpha value is -3.17. The van der Waals surface area contributed by atoms with Gasteiger partial charge in [-0.25, -0.2) is 0 Å². The molecule has 0 bridgehead atoms. The van der Waals surface area contributed by atoms with E-state index in [1.165, 1.54) is 13.1 Å². The Morgan fingerprint density at radius 3 is 2.37 bits per heavy atom. The number of piperazine rings is 1. The van der Waals surface area contributed by atoms with Gasteiger partial charge in [0.15, 0.2) is 0 Å². The molecule has 158 valence electrons. The maximum atomic E-state index is 12.3. The largest absolute Gasteiger partial charge is 0.363 e. The monoisotopic (exact) mass is 431 g/mol. The highest BCUT2D eigenvalue weighted by atomic mass is 35.5. The molecule has 9 nitrogen and oxygen atoms in total. The lowest BCUT2D eigenvalue weighted by molar-refractivity contribution is -0.384. The number of carbonyl (C=O) groups excluding carboxylic acids is 2. The van der Waals surface area contributed by atoms with Gasteiger partial charge in [0.05, 0.1) is 11.5 Å². The zero-order valence-electron chi connectivity index (χ0n) is 16.4. The Morgan fingerprint density at radius 1 is 1.10 bits per heavy atom. The molecule has 2 aromatic carbocycles. The predicted molar refractivity (Wildman–Crippen MR) is 115 cm³/mol. The molecule has 2 N–H and O–H groups in total. The Labute approximate surface area is 178 Å². The lowest BCUT2D eigenvalue weighted by atomic mass is 10.1. The first-order valence-corrected chi connectivity index (χ1v) is 9.78. The van der Waals surface area contributed by atoms with Crippen LogP contribution in [0.4, 0.5) is 17.1 Å². The molecule has 0 spiro atoms. The number of nitrogens with zero attached hydrogens (tertiary/aromatic N) is 3. The van der Waals surface area contributed by atoms with Gasteiger partial charge in [-0.05, 0) is 36.4 Å². The summed E-state index contributed by atoms with van der Waals surface area (Å²) in [7, 11) is 1.48. The van der Waals surface area contributed by atoms with E-state index in [9.17, 15) is 19.7 Å². The molecule has 30 heavy (non-hydrogen) atoms. The maximum Gasteiger partial charge on any atom is 0.293 e.